The van der Waals surface area contributed by atoms with E-state index < -0.39 is 4.92 Å². The molecule has 0 aliphatic rings. The van der Waals surface area contributed by atoms with Gasteiger partial charge in [-0.2, -0.15) is 5.26 Å². The van der Waals surface area contributed by atoms with Crippen LogP contribution < -0.4 is 0 Å². The molecule has 0 saturated heterocycles. The van der Waals surface area contributed by atoms with Gasteiger partial charge in [-0.05, 0) is 48.9 Å². The van der Waals surface area contributed by atoms with Crippen molar-refractivity contribution in [2.45, 2.75) is 18.8 Å². The molecule has 0 heterocycles. The van der Waals surface area contributed by atoms with Crippen molar-refractivity contribution >= 4 is 5.69 Å². The Hall–Kier alpha value is -2.67. The van der Waals surface area contributed by atoms with Gasteiger partial charge in [0.25, 0.3) is 5.69 Å². The quantitative estimate of drug-likeness (QED) is 0.613. The van der Waals surface area contributed by atoms with Crippen molar-refractivity contribution in [2.24, 2.45) is 0 Å². The van der Waals surface area contributed by atoms with E-state index in [1.54, 1.807) is 24.3 Å². The molecule has 4 heteroatoms. The molecule has 2 aromatic carbocycles. The lowest BCUT2D eigenvalue weighted by atomic mass is 9.94. The first kappa shape index (κ1) is 14.7. The summed E-state index contributed by atoms with van der Waals surface area (Å²) < 4.78 is 0. The molecular formula is C17H15N2O2. The monoisotopic (exact) mass is 279 g/mol. The van der Waals surface area contributed by atoms with Crippen LogP contribution in [0.25, 0.3) is 0 Å². The molecule has 105 valence electrons. The fourth-order valence-corrected chi connectivity index (χ4v) is 2.12. The molecule has 0 spiro atoms. The van der Waals surface area contributed by atoms with Crippen LogP contribution in [0.2, 0.25) is 0 Å². The number of rotatable bonds is 5. The Morgan fingerprint density at radius 1 is 1.14 bits per heavy atom. The summed E-state index contributed by atoms with van der Waals surface area (Å²) >= 11 is 0. The van der Waals surface area contributed by atoms with E-state index in [9.17, 15) is 10.1 Å². The number of hydrogen-bond donors (Lipinski definition) is 0. The van der Waals surface area contributed by atoms with E-state index in [4.69, 9.17) is 5.26 Å². The molecule has 0 aliphatic carbocycles. The summed E-state index contributed by atoms with van der Waals surface area (Å²) in [6.07, 6.45) is 1.71. The molecule has 21 heavy (non-hydrogen) atoms. The molecule has 1 unspecified atom stereocenters. The van der Waals surface area contributed by atoms with Crippen LogP contribution in [0.5, 0.6) is 0 Å². The molecule has 0 N–H and O–H groups in total. The minimum atomic E-state index is -0.404. The highest BCUT2D eigenvalue weighted by Crippen LogP contribution is 2.23. The van der Waals surface area contributed by atoms with Crippen LogP contribution in [-0.2, 0) is 6.42 Å². The maximum absolute atomic E-state index is 10.6. The van der Waals surface area contributed by atoms with Crippen molar-refractivity contribution < 1.29 is 4.92 Å². The molecule has 2 rings (SSSR count). The van der Waals surface area contributed by atoms with Crippen molar-refractivity contribution in [3.8, 4) is 6.07 Å². The van der Waals surface area contributed by atoms with Gasteiger partial charge < -0.3 is 0 Å². The lowest BCUT2D eigenvalue weighted by Gasteiger charge is -2.11. The average molecular weight is 279 g/mol. The van der Waals surface area contributed by atoms with Gasteiger partial charge in [0.05, 0.1) is 16.6 Å². The molecule has 0 fully saturated rings. The van der Waals surface area contributed by atoms with Gasteiger partial charge in [-0.15, -0.1) is 0 Å². The third kappa shape index (κ3) is 3.90. The van der Waals surface area contributed by atoms with Crippen LogP contribution >= 0.6 is 0 Å². The minimum absolute atomic E-state index is 0.0847. The lowest BCUT2D eigenvalue weighted by Crippen LogP contribution is -1.97. The molecule has 4 nitrogen and oxygen atoms in total. The van der Waals surface area contributed by atoms with Gasteiger partial charge >= 0.3 is 0 Å². The highest BCUT2D eigenvalue weighted by molar-refractivity contribution is 5.35. The first-order chi connectivity index (χ1) is 10.1. The van der Waals surface area contributed by atoms with Crippen molar-refractivity contribution in [1.29, 1.82) is 5.26 Å². The molecule has 0 aliphatic heterocycles. The van der Waals surface area contributed by atoms with Crippen molar-refractivity contribution in [3.05, 3.63) is 82.3 Å². The number of nitro groups is 1. The highest BCUT2D eigenvalue weighted by Gasteiger charge is 2.09. The predicted molar refractivity (Wildman–Crippen MR) is 80.7 cm³/mol. The third-order valence-corrected chi connectivity index (χ3v) is 3.44. The largest absolute Gasteiger partial charge is 0.269 e. The second kappa shape index (κ2) is 6.67. The summed E-state index contributed by atoms with van der Waals surface area (Å²) in [6, 6.07) is 16.1. The van der Waals surface area contributed by atoms with E-state index in [-0.39, 0.29) is 11.6 Å². The summed E-state index contributed by atoms with van der Waals surface area (Å²) in [5, 5.41) is 19.4. The Labute approximate surface area is 123 Å². The van der Waals surface area contributed by atoms with Crippen LogP contribution in [0.15, 0.2) is 48.5 Å². The van der Waals surface area contributed by atoms with E-state index in [0.29, 0.717) is 5.56 Å². The highest BCUT2D eigenvalue weighted by atomic mass is 16.6. The number of hydrogen-bond acceptors (Lipinski definition) is 3. The van der Waals surface area contributed by atoms with Gasteiger partial charge in [-0.1, -0.05) is 24.3 Å². The van der Waals surface area contributed by atoms with Gasteiger partial charge in [0.15, 0.2) is 0 Å². The molecule has 0 bridgehead atoms. The first-order valence-corrected chi connectivity index (χ1v) is 6.66. The number of benzene rings is 2. The van der Waals surface area contributed by atoms with E-state index in [0.717, 1.165) is 24.0 Å². The Bertz CT molecular complexity index is 655. The summed E-state index contributed by atoms with van der Waals surface area (Å²) in [5.74, 6) is 0.0847. The van der Waals surface area contributed by atoms with Crippen LogP contribution in [0, 0.1) is 28.4 Å². The Morgan fingerprint density at radius 2 is 1.76 bits per heavy atom. The van der Waals surface area contributed by atoms with E-state index in [1.165, 1.54) is 12.1 Å². The second-order valence-electron chi connectivity index (χ2n) is 4.89. The van der Waals surface area contributed by atoms with Crippen LogP contribution in [0.1, 0.15) is 29.0 Å². The lowest BCUT2D eigenvalue weighted by molar-refractivity contribution is -0.384. The summed E-state index contributed by atoms with van der Waals surface area (Å²) in [5.41, 5.74) is 2.90. The third-order valence-electron chi connectivity index (χ3n) is 3.44. The Kier molecular flexibility index (Phi) is 4.68. The number of aryl methyl sites for hydroxylation is 1. The zero-order valence-corrected chi connectivity index (χ0v) is 11.5. The number of nitro benzene ring substituents is 1. The molecule has 0 saturated carbocycles. The standard InChI is InChI=1S/C17H15N2O2/c1-13(16-8-10-17(11-9-16)19(20)21)2-3-14-4-6-15(12-18)7-5-14/h4-11,13H,1-3H2. The van der Waals surface area contributed by atoms with E-state index in [2.05, 4.69) is 13.0 Å². The van der Waals surface area contributed by atoms with Gasteiger partial charge in [-0.3, -0.25) is 10.1 Å². The molecule has 1 radical (unpaired) electrons. The van der Waals surface area contributed by atoms with Crippen LogP contribution in [0.4, 0.5) is 5.69 Å². The zero-order chi connectivity index (χ0) is 15.2. The predicted octanol–water partition coefficient (Wildman–Crippen LogP) is 4.02. The Balaban J connectivity index is 1.96. The SMILES string of the molecule is [CH2]C(CCc1ccc(C#N)cc1)c1ccc([N+](=O)[O-])cc1. The van der Waals surface area contributed by atoms with E-state index >= 15 is 0 Å². The average Bonchev–Trinajstić information content (AvgIpc) is 2.53. The summed E-state index contributed by atoms with van der Waals surface area (Å²) in [6.45, 7) is 4.11. The Morgan fingerprint density at radius 3 is 2.29 bits per heavy atom. The number of non-ortho nitro benzene ring substituents is 1. The minimum Gasteiger partial charge on any atom is -0.258 e. The number of nitrogens with zero attached hydrogens (tertiary/aromatic N) is 2. The van der Waals surface area contributed by atoms with Gasteiger partial charge in [0, 0.05) is 12.1 Å². The molecule has 0 aromatic heterocycles. The fraction of sp³-hybridized carbons (Fsp3) is 0.176. The maximum atomic E-state index is 10.6. The summed E-state index contributed by atoms with van der Waals surface area (Å²) in [4.78, 5) is 10.2. The second-order valence-corrected chi connectivity index (χ2v) is 4.89. The van der Waals surface area contributed by atoms with Crippen molar-refractivity contribution in [2.75, 3.05) is 0 Å². The summed E-state index contributed by atoms with van der Waals surface area (Å²) in [7, 11) is 0. The normalized spacial score (nSPS) is 11.6. The van der Waals surface area contributed by atoms with Crippen LogP contribution in [-0.4, -0.2) is 4.92 Å². The first-order valence-electron chi connectivity index (χ1n) is 6.66. The van der Waals surface area contributed by atoms with Crippen molar-refractivity contribution in [3.63, 3.8) is 0 Å². The molecule has 2 aromatic rings. The van der Waals surface area contributed by atoms with E-state index in [1.807, 2.05) is 12.1 Å². The fourth-order valence-electron chi connectivity index (χ4n) is 2.12. The number of nitriles is 1. The van der Waals surface area contributed by atoms with Crippen molar-refractivity contribution in [1.82, 2.24) is 0 Å². The topological polar surface area (TPSA) is 66.9 Å². The van der Waals surface area contributed by atoms with Gasteiger partial charge in [-0.25, -0.2) is 0 Å². The maximum Gasteiger partial charge on any atom is 0.269 e. The molecule has 1 atom stereocenters. The zero-order valence-electron chi connectivity index (χ0n) is 11.5. The van der Waals surface area contributed by atoms with Gasteiger partial charge in [0.1, 0.15) is 0 Å². The van der Waals surface area contributed by atoms with Gasteiger partial charge in [0.2, 0.25) is 0 Å². The molecule has 0 amide bonds. The smallest absolute Gasteiger partial charge is 0.258 e. The van der Waals surface area contributed by atoms with Crippen LogP contribution in [0.3, 0.4) is 0 Å². The molecular weight excluding hydrogens is 264 g/mol.